The predicted molar refractivity (Wildman–Crippen MR) is 73.1 cm³/mol. The van der Waals surface area contributed by atoms with Crippen molar-refractivity contribution in [1.82, 2.24) is 5.32 Å². The van der Waals surface area contributed by atoms with Gasteiger partial charge in [0, 0.05) is 10.5 Å². The molecule has 17 heavy (non-hydrogen) atoms. The fourth-order valence-corrected chi connectivity index (χ4v) is 2.61. The third kappa shape index (κ3) is 2.71. The van der Waals surface area contributed by atoms with Gasteiger partial charge >= 0.3 is 0 Å². The van der Waals surface area contributed by atoms with E-state index in [-0.39, 0.29) is 11.9 Å². The Balaban J connectivity index is 2.06. The Morgan fingerprint density at radius 3 is 2.76 bits per heavy atom. The average molecular weight is 296 g/mol. The summed E-state index contributed by atoms with van der Waals surface area (Å²) in [5.74, 6) is 0.697. The van der Waals surface area contributed by atoms with Crippen LogP contribution < -0.4 is 5.32 Å². The van der Waals surface area contributed by atoms with E-state index >= 15 is 0 Å². The zero-order valence-corrected chi connectivity index (χ0v) is 11.9. The van der Waals surface area contributed by atoms with E-state index in [0.717, 1.165) is 15.6 Å². The first-order chi connectivity index (χ1) is 8.09. The Kier molecular flexibility index (Phi) is 3.87. The quantitative estimate of drug-likeness (QED) is 0.906. The Hall–Kier alpha value is -0.830. The highest BCUT2D eigenvalue weighted by atomic mass is 79.9. The van der Waals surface area contributed by atoms with Crippen LogP contribution in [0, 0.1) is 12.8 Å². The molecule has 0 bridgehead atoms. The van der Waals surface area contributed by atoms with Crippen molar-refractivity contribution in [3.8, 4) is 0 Å². The smallest absolute Gasteiger partial charge is 0.252 e. The molecule has 0 heterocycles. The summed E-state index contributed by atoms with van der Waals surface area (Å²) in [5.41, 5.74) is 1.82. The van der Waals surface area contributed by atoms with Gasteiger partial charge in [-0.25, -0.2) is 0 Å². The number of carbonyl (C=O) groups is 1. The van der Waals surface area contributed by atoms with E-state index in [9.17, 15) is 4.79 Å². The maximum Gasteiger partial charge on any atom is 0.252 e. The number of hydrogen-bond acceptors (Lipinski definition) is 1. The summed E-state index contributed by atoms with van der Waals surface area (Å²) in [7, 11) is 0. The summed E-state index contributed by atoms with van der Waals surface area (Å²) in [6, 6.07) is 6.06. The van der Waals surface area contributed by atoms with Gasteiger partial charge in [0.2, 0.25) is 0 Å². The summed E-state index contributed by atoms with van der Waals surface area (Å²) in [6.45, 7) is 4.10. The van der Waals surface area contributed by atoms with Crippen LogP contribution >= 0.6 is 15.9 Å². The van der Waals surface area contributed by atoms with E-state index in [0.29, 0.717) is 5.92 Å². The maximum atomic E-state index is 12.1. The Morgan fingerprint density at radius 2 is 2.18 bits per heavy atom. The minimum atomic E-state index is 0.0278. The minimum Gasteiger partial charge on any atom is -0.349 e. The SMILES string of the molecule is Cc1cccc(C(=O)NC(C)C2CCC2)c1Br. The first kappa shape index (κ1) is 12.6. The number of benzene rings is 1. The fourth-order valence-electron chi connectivity index (χ4n) is 2.16. The lowest BCUT2D eigenvalue weighted by Crippen LogP contribution is -2.40. The lowest BCUT2D eigenvalue weighted by molar-refractivity contribution is 0.0908. The highest BCUT2D eigenvalue weighted by molar-refractivity contribution is 9.10. The topological polar surface area (TPSA) is 29.1 Å². The average Bonchev–Trinajstić information content (AvgIpc) is 2.19. The van der Waals surface area contributed by atoms with E-state index in [1.807, 2.05) is 25.1 Å². The molecule has 3 heteroatoms. The molecule has 2 rings (SSSR count). The summed E-state index contributed by atoms with van der Waals surface area (Å²) in [6.07, 6.45) is 3.80. The van der Waals surface area contributed by atoms with Crippen molar-refractivity contribution in [2.75, 3.05) is 0 Å². The van der Waals surface area contributed by atoms with Crippen molar-refractivity contribution < 1.29 is 4.79 Å². The lowest BCUT2D eigenvalue weighted by Gasteiger charge is -2.32. The van der Waals surface area contributed by atoms with Crippen LogP contribution in [0.3, 0.4) is 0 Å². The number of nitrogens with one attached hydrogen (secondary N) is 1. The number of carbonyl (C=O) groups excluding carboxylic acids is 1. The number of amides is 1. The fraction of sp³-hybridized carbons (Fsp3) is 0.500. The third-order valence-electron chi connectivity index (χ3n) is 3.65. The largest absolute Gasteiger partial charge is 0.349 e. The Bertz CT molecular complexity index is 426. The zero-order valence-electron chi connectivity index (χ0n) is 10.3. The van der Waals surface area contributed by atoms with Crippen molar-refractivity contribution in [3.05, 3.63) is 33.8 Å². The summed E-state index contributed by atoms with van der Waals surface area (Å²) in [4.78, 5) is 12.1. The van der Waals surface area contributed by atoms with Crippen molar-refractivity contribution in [2.45, 2.75) is 39.2 Å². The van der Waals surface area contributed by atoms with Crippen LogP contribution in [0.2, 0.25) is 0 Å². The van der Waals surface area contributed by atoms with Crippen molar-refractivity contribution in [1.29, 1.82) is 0 Å². The Morgan fingerprint density at radius 1 is 1.47 bits per heavy atom. The molecule has 0 spiro atoms. The third-order valence-corrected chi connectivity index (χ3v) is 4.70. The second-order valence-electron chi connectivity index (χ2n) is 4.89. The van der Waals surface area contributed by atoms with Crippen LogP contribution in [0.1, 0.15) is 42.1 Å². The van der Waals surface area contributed by atoms with Crippen LogP contribution in [0.15, 0.2) is 22.7 Å². The van der Waals surface area contributed by atoms with Crippen molar-refractivity contribution in [3.63, 3.8) is 0 Å². The van der Waals surface area contributed by atoms with E-state index in [1.165, 1.54) is 19.3 Å². The summed E-state index contributed by atoms with van der Waals surface area (Å²) >= 11 is 3.48. The second kappa shape index (κ2) is 5.21. The van der Waals surface area contributed by atoms with E-state index < -0.39 is 0 Å². The number of rotatable bonds is 3. The number of aryl methyl sites for hydroxylation is 1. The molecule has 1 aliphatic rings. The van der Waals surface area contributed by atoms with Gasteiger partial charge in [-0.05, 0) is 60.2 Å². The van der Waals surface area contributed by atoms with Gasteiger partial charge in [-0.2, -0.15) is 0 Å². The van der Waals surface area contributed by atoms with Crippen LogP contribution in [0.5, 0.6) is 0 Å². The highest BCUT2D eigenvalue weighted by Gasteiger charge is 2.25. The van der Waals surface area contributed by atoms with E-state index in [4.69, 9.17) is 0 Å². The van der Waals surface area contributed by atoms with E-state index in [2.05, 4.69) is 28.2 Å². The Labute approximate surface area is 111 Å². The maximum absolute atomic E-state index is 12.1. The standard InChI is InChI=1S/C14H18BrNO/c1-9-5-3-8-12(13(9)15)14(17)16-10(2)11-6-4-7-11/h3,5,8,10-11H,4,6-7H2,1-2H3,(H,16,17). The van der Waals surface area contributed by atoms with Crippen molar-refractivity contribution >= 4 is 21.8 Å². The van der Waals surface area contributed by atoms with Gasteiger partial charge in [0.05, 0.1) is 5.56 Å². The van der Waals surface area contributed by atoms with Gasteiger partial charge in [-0.3, -0.25) is 4.79 Å². The summed E-state index contributed by atoms with van der Waals surface area (Å²) in [5, 5.41) is 3.10. The molecular formula is C14H18BrNO. The van der Waals surface area contributed by atoms with Crippen molar-refractivity contribution in [2.24, 2.45) is 5.92 Å². The molecule has 92 valence electrons. The minimum absolute atomic E-state index is 0.0278. The first-order valence-corrected chi connectivity index (χ1v) is 6.95. The molecule has 0 aliphatic heterocycles. The second-order valence-corrected chi connectivity index (χ2v) is 5.68. The molecule has 0 radical (unpaired) electrons. The summed E-state index contributed by atoms with van der Waals surface area (Å²) < 4.78 is 0.901. The molecule has 1 aromatic carbocycles. The molecular weight excluding hydrogens is 278 g/mol. The molecule has 1 atom stereocenters. The van der Waals surface area contributed by atoms with Gasteiger partial charge in [0.25, 0.3) is 5.91 Å². The molecule has 1 unspecified atom stereocenters. The highest BCUT2D eigenvalue weighted by Crippen LogP contribution is 2.29. The molecule has 1 saturated carbocycles. The van der Waals surface area contributed by atoms with Gasteiger partial charge in [-0.1, -0.05) is 18.6 Å². The predicted octanol–water partition coefficient (Wildman–Crippen LogP) is 3.68. The molecule has 1 amide bonds. The number of hydrogen-bond donors (Lipinski definition) is 1. The van der Waals surface area contributed by atoms with Crippen LogP contribution in [0.25, 0.3) is 0 Å². The van der Waals surface area contributed by atoms with Gasteiger partial charge < -0.3 is 5.32 Å². The molecule has 0 saturated heterocycles. The molecule has 1 fully saturated rings. The molecule has 2 nitrogen and oxygen atoms in total. The van der Waals surface area contributed by atoms with Crippen LogP contribution in [-0.4, -0.2) is 11.9 Å². The molecule has 0 aromatic heterocycles. The normalized spacial score (nSPS) is 17.4. The van der Waals surface area contributed by atoms with Gasteiger partial charge in [-0.15, -0.1) is 0 Å². The molecule has 1 aliphatic carbocycles. The van der Waals surface area contributed by atoms with Crippen LogP contribution in [-0.2, 0) is 0 Å². The lowest BCUT2D eigenvalue weighted by atomic mass is 9.80. The van der Waals surface area contributed by atoms with E-state index in [1.54, 1.807) is 0 Å². The van der Waals surface area contributed by atoms with Gasteiger partial charge in [0.15, 0.2) is 0 Å². The monoisotopic (exact) mass is 295 g/mol. The molecule has 1 aromatic rings. The molecule has 1 N–H and O–H groups in total. The van der Waals surface area contributed by atoms with Crippen LogP contribution in [0.4, 0.5) is 0 Å². The van der Waals surface area contributed by atoms with Gasteiger partial charge in [0.1, 0.15) is 0 Å². The number of halogens is 1. The zero-order chi connectivity index (χ0) is 12.4. The first-order valence-electron chi connectivity index (χ1n) is 6.15.